The second-order valence-corrected chi connectivity index (χ2v) is 5.13. The minimum absolute atomic E-state index is 0.0812. The zero-order valence-electron chi connectivity index (χ0n) is 10.4. The largest absolute Gasteiger partial charge is 0.308 e. The van der Waals surface area contributed by atoms with Gasteiger partial charge in [-0.25, -0.2) is 4.98 Å². The van der Waals surface area contributed by atoms with Gasteiger partial charge in [-0.2, -0.15) is 0 Å². The molecule has 0 amide bonds. The molecule has 0 aliphatic rings. The first kappa shape index (κ1) is 12.7. The highest BCUT2D eigenvalue weighted by Gasteiger charge is 2.29. The molecule has 1 N–H and O–H groups in total. The number of nitrogens with zero attached hydrogens (tertiary/aromatic N) is 1. The van der Waals surface area contributed by atoms with Crippen LogP contribution in [0, 0.1) is 0 Å². The van der Waals surface area contributed by atoms with Crippen molar-refractivity contribution in [3.63, 3.8) is 0 Å². The molecule has 1 rings (SSSR count). The van der Waals surface area contributed by atoms with Crippen LogP contribution in [-0.4, -0.2) is 12.0 Å². The molecular formula is C12H22N2S. The van der Waals surface area contributed by atoms with Crippen LogP contribution in [0.15, 0.2) is 5.38 Å². The van der Waals surface area contributed by atoms with Crippen molar-refractivity contribution in [1.29, 1.82) is 0 Å². The van der Waals surface area contributed by atoms with Gasteiger partial charge in [-0.1, -0.05) is 27.7 Å². The Labute approximate surface area is 97.1 Å². The first-order valence-corrected chi connectivity index (χ1v) is 6.62. The quantitative estimate of drug-likeness (QED) is 0.831. The monoisotopic (exact) mass is 226 g/mol. The third kappa shape index (κ3) is 2.40. The van der Waals surface area contributed by atoms with Crippen LogP contribution >= 0.6 is 11.3 Å². The van der Waals surface area contributed by atoms with E-state index in [2.05, 4.69) is 38.4 Å². The third-order valence-corrected chi connectivity index (χ3v) is 4.27. The Morgan fingerprint density at radius 3 is 2.33 bits per heavy atom. The van der Waals surface area contributed by atoms with Crippen LogP contribution in [-0.2, 0) is 5.54 Å². The van der Waals surface area contributed by atoms with Crippen molar-refractivity contribution in [2.45, 2.75) is 52.0 Å². The molecule has 0 spiro atoms. The van der Waals surface area contributed by atoms with Crippen molar-refractivity contribution in [2.75, 3.05) is 7.05 Å². The van der Waals surface area contributed by atoms with Gasteiger partial charge in [0.15, 0.2) is 0 Å². The molecule has 0 aliphatic carbocycles. The van der Waals surface area contributed by atoms with E-state index >= 15 is 0 Å². The van der Waals surface area contributed by atoms with Gasteiger partial charge >= 0.3 is 0 Å². The normalized spacial score (nSPS) is 12.4. The highest BCUT2D eigenvalue weighted by Crippen LogP contribution is 2.32. The molecule has 0 aliphatic heterocycles. The summed E-state index contributed by atoms with van der Waals surface area (Å²) in [6.45, 7) is 8.82. The number of hydrogen-bond donors (Lipinski definition) is 1. The van der Waals surface area contributed by atoms with E-state index in [0.717, 1.165) is 12.8 Å². The average molecular weight is 226 g/mol. The Morgan fingerprint density at radius 1 is 1.40 bits per heavy atom. The summed E-state index contributed by atoms with van der Waals surface area (Å²) in [5.74, 6) is 0.526. The van der Waals surface area contributed by atoms with Gasteiger partial charge < -0.3 is 5.32 Å². The molecule has 0 bridgehead atoms. The van der Waals surface area contributed by atoms with Crippen LogP contribution < -0.4 is 5.32 Å². The lowest BCUT2D eigenvalue weighted by molar-refractivity contribution is 0.332. The van der Waals surface area contributed by atoms with Crippen molar-refractivity contribution >= 4 is 11.3 Å². The van der Waals surface area contributed by atoms with Crippen molar-refractivity contribution < 1.29 is 0 Å². The number of hydrogen-bond acceptors (Lipinski definition) is 3. The van der Waals surface area contributed by atoms with Crippen LogP contribution in [0.2, 0.25) is 0 Å². The molecule has 3 heteroatoms. The van der Waals surface area contributed by atoms with Gasteiger partial charge in [-0.3, -0.25) is 0 Å². The van der Waals surface area contributed by atoms with Crippen LogP contribution in [0.1, 0.15) is 57.2 Å². The number of thiazole rings is 1. The van der Waals surface area contributed by atoms with Gasteiger partial charge in [0, 0.05) is 5.38 Å². The van der Waals surface area contributed by atoms with E-state index in [1.807, 2.05) is 7.05 Å². The minimum atomic E-state index is 0.0812. The van der Waals surface area contributed by atoms with Crippen molar-refractivity contribution in [3.8, 4) is 0 Å². The van der Waals surface area contributed by atoms with Gasteiger partial charge in [-0.15, -0.1) is 11.3 Å². The van der Waals surface area contributed by atoms with Gasteiger partial charge in [0.05, 0.1) is 11.2 Å². The first-order chi connectivity index (χ1) is 7.09. The number of rotatable bonds is 5. The fraction of sp³-hybridized carbons (Fsp3) is 0.750. The van der Waals surface area contributed by atoms with E-state index in [4.69, 9.17) is 4.98 Å². The van der Waals surface area contributed by atoms with E-state index in [1.165, 1.54) is 10.7 Å². The summed E-state index contributed by atoms with van der Waals surface area (Å²) in [4.78, 5) is 4.75. The summed E-state index contributed by atoms with van der Waals surface area (Å²) >= 11 is 1.78. The average Bonchev–Trinajstić information content (AvgIpc) is 2.71. The highest BCUT2D eigenvalue weighted by molar-refractivity contribution is 7.09. The third-order valence-electron chi connectivity index (χ3n) is 3.21. The van der Waals surface area contributed by atoms with Gasteiger partial charge in [0.2, 0.25) is 0 Å². The van der Waals surface area contributed by atoms with Gasteiger partial charge in [0.25, 0.3) is 0 Å². The second kappa shape index (κ2) is 5.08. The molecule has 0 aromatic carbocycles. The Morgan fingerprint density at radius 2 is 2.00 bits per heavy atom. The molecule has 0 radical (unpaired) electrons. The standard InChI is InChI=1S/C12H22N2S/c1-6-12(7-2,13-5)11-14-10(8-15-11)9(3)4/h8-9,13H,6-7H2,1-5H3. The lowest BCUT2D eigenvalue weighted by atomic mass is 9.94. The lowest BCUT2D eigenvalue weighted by Gasteiger charge is -2.28. The molecule has 1 aromatic heterocycles. The fourth-order valence-corrected chi connectivity index (χ4v) is 3.12. The van der Waals surface area contributed by atoms with E-state index < -0.39 is 0 Å². The highest BCUT2D eigenvalue weighted by atomic mass is 32.1. The van der Waals surface area contributed by atoms with E-state index in [-0.39, 0.29) is 5.54 Å². The summed E-state index contributed by atoms with van der Waals surface area (Å²) in [6, 6.07) is 0. The first-order valence-electron chi connectivity index (χ1n) is 5.74. The van der Waals surface area contributed by atoms with Crippen LogP contribution in [0.3, 0.4) is 0 Å². The fourth-order valence-electron chi connectivity index (χ4n) is 1.78. The SMILES string of the molecule is CCC(CC)(NC)c1nc(C(C)C)cs1. The second-order valence-electron chi connectivity index (χ2n) is 4.27. The lowest BCUT2D eigenvalue weighted by Crippen LogP contribution is -2.38. The summed E-state index contributed by atoms with van der Waals surface area (Å²) in [7, 11) is 2.03. The van der Waals surface area contributed by atoms with E-state index in [1.54, 1.807) is 11.3 Å². The molecule has 1 aromatic rings. The van der Waals surface area contributed by atoms with Crippen molar-refractivity contribution in [2.24, 2.45) is 0 Å². The molecule has 2 nitrogen and oxygen atoms in total. The molecule has 15 heavy (non-hydrogen) atoms. The van der Waals surface area contributed by atoms with Gasteiger partial charge in [-0.05, 0) is 25.8 Å². The Balaban J connectivity index is 3.01. The number of aromatic nitrogens is 1. The van der Waals surface area contributed by atoms with Gasteiger partial charge in [0.1, 0.15) is 5.01 Å². The van der Waals surface area contributed by atoms with Crippen LogP contribution in [0.4, 0.5) is 0 Å². The topological polar surface area (TPSA) is 24.9 Å². The maximum absolute atomic E-state index is 4.75. The molecule has 0 fully saturated rings. The molecule has 0 saturated heterocycles. The molecule has 0 atom stereocenters. The Kier molecular flexibility index (Phi) is 4.29. The molecule has 0 saturated carbocycles. The number of nitrogens with one attached hydrogen (secondary N) is 1. The molecule has 86 valence electrons. The summed E-state index contributed by atoms with van der Waals surface area (Å²) in [5.41, 5.74) is 1.30. The molecular weight excluding hydrogens is 204 g/mol. The smallest absolute Gasteiger partial charge is 0.113 e. The van der Waals surface area contributed by atoms with E-state index in [9.17, 15) is 0 Å². The Hall–Kier alpha value is -0.410. The van der Waals surface area contributed by atoms with E-state index in [0.29, 0.717) is 5.92 Å². The summed E-state index contributed by atoms with van der Waals surface area (Å²) < 4.78 is 0. The minimum Gasteiger partial charge on any atom is -0.308 e. The Bertz CT molecular complexity index is 292. The molecule has 1 heterocycles. The zero-order chi connectivity index (χ0) is 11.5. The molecule has 0 unspecified atom stereocenters. The summed E-state index contributed by atoms with van der Waals surface area (Å²) in [6.07, 6.45) is 2.18. The summed E-state index contributed by atoms with van der Waals surface area (Å²) in [5, 5.41) is 6.86. The maximum atomic E-state index is 4.75. The van der Waals surface area contributed by atoms with Crippen molar-refractivity contribution in [3.05, 3.63) is 16.1 Å². The van der Waals surface area contributed by atoms with Crippen molar-refractivity contribution in [1.82, 2.24) is 10.3 Å². The predicted molar refractivity (Wildman–Crippen MR) is 67.5 cm³/mol. The zero-order valence-corrected chi connectivity index (χ0v) is 11.2. The van der Waals surface area contributed by atoms with Crippen LogP contribution in [0.5, 0.6) is 0 Å². The van der Waals surface area contributed by atoms with Crippen LogP contribution in [0.25, 0.3) is 0 Å². The maximum Gasteiger partial charge on any atom is 0.113 e. The predicted octanol–water partition coefficient (Wildman–Crippen LogP) is 3.50.